The molecular weight excluding hydrogens is 339 g/mol. The zero-order chi connectivity index (χ0) is 18.4. The predicted octanol–water partition coefficient (Wildman–Crippen LogP) is 4.01. The number of nitriles is 2. The molecule has 0 amide bonds. The maximum absolute atomic E-state index is 14.2. The van der Waals surface area contributed by atoms with Crippen molar-refractivity contribution in [1.29, 1.82) is 10.5 Å². The third kappa shape index (κ3) is 3.31. The van der Waals surface area contributed by atoms with Gasteiger partial charge in [-0.05, 0) is 18.1 Å². The van der Waals surface area contributed by atoms with E-state index in [1.165, 1.54) is 0 Å². The molecule has 4 heteroatoms. The van der Waals surface area contributed by atoms with Crippen LogP contribution >= 0.6 is 7.14 Å². The van der Waals surface area contributed by atoms with Crippen LogP contribution in [0, 0.1) is 22.7 Å². The van der Waals surface area contributed by atoms with Crippen molar-refractivity contribution in [3.8, 4) is 12.1 Å². The highest BCUT2D eigenvalue weighted by Gasteiger charge is 2.37. The molecule has 0 aromatic heterocycles. The normalized spacial score (nSPS) is 11.9. The van der Waals surface area contributed by atoms with Crippen LogP contribution in [0.4, 0.5) is 0 Å². The van der Waals surface area contributed by atoms with Crippen LogP contribution in [0.1, 0.15) is 11.1 Å². The van der Waals surface area contributed by atoms with E-state index in [4.69, 9.17) is 0 Å². The van der Waals surface area contributed by atoms with Gasteiger partial charge >= 0.3 is 0 Å². The van der Waals surface area contributed by atoms with Crippen LogP contribution in [0.5, 0.6) is 0 Å². The molecule has 0 aliphatic carbocycles. The van der Waals surface area contributed by atoms with Crippen molar-refractivity contribution in [2.45, 2.75) is 12.1 Å². The van der Waals surface area contributed by atoms with Crippen molar-refractivity contribution in [2.75, 3.05) is 0 Å². The minimum atomic E-state index is -3.20. The summed E-state index contributed by atoms with van der Waals surface area (Å²) < 4.78 is 14.2. The molecule has 0 saturated carbocycles. The van der Waals surface area contributed by atoms with Gasteiger partial charge in [0.25, 0.3) is 0 Å². The number of nitrogens with zero attached hydrogens (tertiary/aromatic N) is 2. The first-order chi connectivity index (χ1) is 12.7. The van der Waals surface area contributed by atoms with E-state index in [0.29, 0.717) is 16.2 Å². The Morgan fingerprint density at radius 3 is 1.77 bits per heavy atom. The first kappa shape index (κ1) is 17.7. The van der Waals surface area contributed by atoms with Crippen LogP contribution in [-0.2, 0) is 11.0 Å². The van der Waals surface area contributed by atoms with Gasteiger partial charge in [-0.3, -0.25) is 0 Å². The van der Waals surface area contributed by atoms with Gasteiger partial charge in [0.15, 0.2) is 7.14 Å². The Labute approximate surface area is 153 Å². The molecule has 1 atom stereocenters. The van der Waals surface area contributed by atoms with E-state index in [9.17, 15) is 15.1 Å². The smallest absolute Gasteiger partial charge is 0.159 e. The number of rotatable bonds is 5. The van der Waals surface area contributed by atoms with Gasteiger partial charge in [0.2, 0.25) is 0 Å². The van der Waals surface area contributed by atoms with Crippen molar-refractivity contribution in [3.05, 3.63) is 96.1 Å². The lowest BCUT2D eigenvalue weighted by molar-refractivity contribution is 0.582. The zero-order valence-electron chi connectivity index (χ0n) is 14.1. The van der Waals surface area contributed by atoms with Gasteiger partial charge in [0.1, 0.15) is 5.66 Å². The molecule has 3 nitrogen and oxygen atoms in total. The number of benzene rings is 3. The van der Waals surface area contributed by atoms with Gasteiger partial charge in [-0.2, -0.15) is 10.5 Å². The first-order valence-electron chi connectivity index (χ1n) is 8.28. The molecule has 126 valence electrons. The molecule has 0 bridgehead atoms. The highest BCUT2D eigenvalue weighted by Crippen LogP contribution is 2.49. The van der Waals surface area contributed by atoms with E-state index in [-0.39, 0.29) is 6.42 Å². The van der Waals surface area contributed by atoms with Crippen molar-refractivity contribution in [2.24, 2.45) is 0 Å². The van der Waals surface area contributed by atoms with Gasteiger partial charge in [-0.1, -0.05) is 78.9 Å². The van der Waals surface area contributed by atoms with Gasteiger partial charge in [0.05, 0.1) is 17.7 Å². The summed E-state index contributed by atoms with van der Waals surface area (Å²) in [6.07, 6.45) is 0.265. The number of hydrogen-bond donors (Lipinski definition) is 0. The van der Waals surface area contributed by atoms with E-state index in [1.807, 2.05) is 72.8 Å². The molecule has 0 radical (unpaired) electrons. The van der Waals surface area contributed by atoms with E-state index in [0.717, 1.165) is 5.56 Å². The molecule has 3 rings (SSSR count). The summed E-state index contributed by atoms with van der Waals surface area (Å²) in [7, 11) is -3.20. The SMILES string of the molecule is N#Cc1ccccc1CC(C#N)P(=O)(c1ccccc1)c1ccccc1. The van der Waals surface area contributed by atoms with Crippen molar-refractivity contribution in [1.82, 2.24) is 0 Å². The fraction of sp³-hybridized carbons (Fsp3) is 0.0909. The molecule has 1 unspecified atom stereocenters. The van der Waals surface area contributed by atoms with Crippen LogP contribution in [0.15, 0.2) is 84.9 Å². The largest absolute Gasteiger partial charge is 0.312 e. The van der Waals surface area contributed by atoms with Gasteiger partial charge in [-0.15, -0.1) is 0 Å². The molecule has 0 fully saturated rings. The minimum Gasteiger partial charge on any atom is -0.312 e. The third-order valence-corrected chi connectivity index (χ3v) is 7.73. The molecule has 0 N–H and O–H groups in total. The van der Waals surface area contributed by atoms with Gasteiger partial charge in [-0.25, -0.2) is 0 Å². The topological polar surface area (TPSA) is 64.7 Å². The second-order valence-electron chi connectivity index (χ2n) is 5.95. The van der Waals surface area contributed by atoms with Crippen molar-refractivity contribution >= 4 is 17.8 Å². The Morgan fingerprint density at radius 1 is 0.769 bits per heavy atom. The average molecular weight is 356 g/mol. The summed E-state index contributed by atoms with van der Waals surface area (Å²) in [5.74, 6) is 0. The molecule has 0 aliphatic rings. The summed E-state index contributed by atoms with van der Waals surface area (Å²) in [6, 6.07) is 29.9. The highest BCUT2D eigenvalue weighted by atomic mass is 31.2. The lowest BCUT2D eigenvalue weighted by Gasteiger charge is -2.24. The molecular formula is C22H17N2OP. The quantitative estimate of drug-likeness (QED) is 0.649. The Hall–Kier alpha value is -3.13. The van der Waals surface area contributed by atoms with Crippen LogP contribution in [-0.4, -0.2) is 5.66 Å². The predicted molar refractivity (Wildman–Crippen MR) is 104 cm³/mol. The van der Waals surface area contributed by atoms with Crippen LogP contribution in [0.2, 0.25) is 0 Å². The van der Waals surface area contributed by atoms with Crippen LogP contribution in [0.3, 0.4) is 0 Å². The fourth-order valence-corrected chi connectivity index (χ4v) is 5.94. The molecule has 0 aliphatic heterocycles. The van der Waals surface area contributed by atoms with Gasteiger partial charge < -0.3 is 4.57 Å². The summed E-state index contributed by atoms with van der Waals surface area (Å²) in [5, 5.41) is 20.6. The molecule has 3 aromatic rings. The van der Waals surface area contributed by atoms with E-state index >= 15 is 0 Å². The van der Waals surface area contributed by atoms with E-state index < -0.39 is 12.8 Å². The van der Waals surface area contributed by atoms with Crippen molar-refractivity contribution in [3.63, 3.8) is 0 Å². The molecule has 0 spiro atoms. The lowest BCUT2D eigenvalue weighted by Crippen LogP contribution is -2.26. The Kier molecular flexibility index (Phi) is 5.33. The summed E-state index contributed by atoms with van der Waals surface area (Å²) in [5.41, 5.74) is 0.510. The molecule has 3 aromatic carbocycles. The van der Waals surface area contributed by atoms with Crippen molar-refractivity contribution < 1.29 is 4.57 Å². The Morgan fingerprint density at radius 2 is 1.27 bits per heavy atom. The third-order valence-electron chi connectivity index (χ3n) is 4.42. The second kappa shape index (κ2) is 7.83. The Bertz CT molecular complexity index is 974. The second-order valence-corrected chi connectivity index (χ2v) is 8.92. The summed E-state index contributed by atoms with van der Waals surface area (Å²) in [6.45, 7) is 0. The summed E-state index contributed by atoms with van der Waals surface area (Å²) in [4.78, 5) is 0. The molecule has 26 heavy (non-hydrogen) atoms. The molecule has 0 saturated heterocycles. The van der Waals surface area contributed by atoms with E-state index in [2.05, 4.69) is 12.1 Å². The van der Waals surface area contributed by atoms with E-state index in [1.54, 1.807) is 12.1 Å². The van der Waals surface area contributed by atoms with Crippen LogP contribution in [0.25, 0.3) is 0 Å². The highest BCUT2D eigenvalue weighted by molar-refractivity contribution is 7.79. The molecule has 0 heterocycles. The van der Waals surface area contributed by atoms with Crippen LogP contribution < -0.4 is 10.6 Å². The number of hydrogen-bond acceptors (Lipinski definition) is 3. The average Bonchev–Trinajstić information content (AvgIpc) is 2.73. The Balaban J connectivity index is 2.14. The van der Waals surface area contributed by atoms with Gasteiger partial charge in [0, 0.05) is 10.6 Å². The maximum Gasteiger partial charge on any atom is 0.159 e. The first-order valence-corrected chi connectivity index (χ1v) is 10.1. The standard InChI is InChI=1S/C22H17N2OP/c23-16-19-10-8-7-9-18(19)15-22(17-24)26(25,20-11-3-1-4-12-20)21-13-5-2-6-14-21/h1-14,22H,15H2. The lowest BCUT2D eigenvalue weighted by atomic mass is 10.0. The zero-order valence-corrected chi connectivity index (χ0v) is 15.0. The maximum atomic E-state index is 14.2. The minimum absolute atomic E-state index is 0.265. The monoisotopic (exact) mass is 356 g/mol. The fourth-order valence-electron chi connectivity index (χ4n) is 3.08. The summed E-state index contributed by atoms with van der Waals surface area (Å²) >= 11 is 0.